The standard InChI is InChI=1S/C21H27ClN2O3/c1-14(2)11-23-12-16-9-18(22)21(19(10-16)26-4)27-13-20(25)24-17-7-5-15(3)6-8-17/h5-10,14,23H,11-13H2,1-4H3,(H,24,25). The van der Waals surface area contributed by atoms with Crippen molar-refractivity contribution in [1.82, 2.24) is 5.32 Å². The number of anilines is 1. The van der Waals surface area contributed by atoms with Gasteiger partial charge in [-0.1, -0.05) is 43.1 Å². The molecule has 0 saturated heterocycles. The van der Waals surface area contributed by atoms with Gasteiger partial charge in [-0.25, -0.2) is 0 Å². The zero-order valence-electron chi connectivity index (χ0n) is 16.3. The Labute approximate surface area is 166 Å². The van der Waals surface area contributed by atoms with E-state index in [-0.39, 0.29) is 12.5 Å². The number of ether oxygens (including phenoxy) is 2. The highest BCUT2D eigenvalue weighted by Crippen LogP contribution is 2.36. The van der Waals surface area contributed by atoms with E-state index in [0.717, 1.165) is 23.4 Å². The molecule has 2 aromatic rings. The minimum atomic E-state index is -0.264. The van der Waals surface area contributed by atoms with Crippen LogP contribution >= 0.6 is 11.6 Å². The third-order valence-electron chi connectivity index (χ3n) is 3.85. The van der Waals surface area contributed by atoms with Crippen LogP contribution in [0, 0.1) is 12.8 Å². The van der Waals surface area contributed by atoms with Gasteiger partial charge in [-0.05, 0) is 49.2 Å². The number of halogens is 1. The highest BCUT2D eigenvalue weighted by Gasteiger charge is 2.14. The average molecular weight is 391 g/mol. The number of hydrogen-bond donors (Lipinski definition) is 2. The molecule has 0 radical (unpaired) electrons. The molecule has 0 unspecified atom stereocenters. The smallest absolute Gasteiger partial charge is 0.262 e. The normalized spacial score (nSPS) is 10.7. The summed E-state index contributed by atoms with van der Waals surface area (Å²) in [7, 11) is 1.55. The molecular formula is C21H27ClN2O3. The van der Waals surface area contributed by atoms with Gasteiger partial charge in [0.1, 0.15) is 0 Å². The molecule has 0 atom stereocenters. The van der Waals surface area contributed by atoms with Crippen molar-refractivity contribution in [3.63, 3.8) is 0 Å². The summed E-state index contributed by atoms with van der Waals surface area (Å²) in [5.41, 5.74) is 2.84. The lowest BCUT2D eigenvalue weighted by Gasteiger charge is -2.15. The summed E-state index contributed by atoms with van der Waals surface area (Å²) in [6.45, 7) is 7.73. The van der Waals surface area contributed by atoms with Gasteiger partial charge >= 0.3 is 0 Å². The van der Waals surface area contributed by atoms with Gasteiger partial charge in [0.15, 0.2) is 18.1 Å². The van der Waals surface area contributed by atoms with Crippen LogP contribution in [0.25, 0.3) is 0 Å². The highest BCUT2D eigenvalue weighted by molar-refractivity contribution is 6.32. The van der Waals surface area contributed by atoms with Gasteiger partial charge in [-0.3, -0.25) is 4.79 Å². The fraction of sp³-hybridized carbons (Fsp3) is 0.381. The minimum Gasteiger partial charge on any atom is -0.493 e. The van der Waals surface area contributed by atoms with E-state index in [9.17, 15) is 4.79 Å². The van der Waals surface area contributed by atoms with E-state index < -0.39 is 0 Å². The Kier molecular flexibility index (Phi) is 7.95. The van der Waals surface area contributed by atoms with E-state index in [1.165, 1.54) is 0 Å². The second-order valence-electron chi connectivity index (χ2n) is 6.84. The first-order valence-electron chi connectivity index (χ1n) is 8.95. The van der Waals surface area contributed by atoms with Crippen LogP contribution in [0.4, 0.5) is 5.69 Å². The van der Waals surface area contributed by atoms with Gasteiger partial charge in [0.05, 0.1) is 12.1 Å². The number of nitrogens with one attached hydrogen (secondary N) is 2. The van der Waals surface area contributed by atoms with Gasteiger partial charge in [-0.2, -0.15) is 0 Å². The zero-order valence-corrected chi connectivity index (χ0v) is 17.0. The van der Waals surface area contributed by atoms with E-state index in [2.05, 4.69) is 24.5 Å². The first-order valence-corrected chi connectivity index (χ1v) is 9.33. The molecule has 0 aliphatic heterocycles. The SMILES string of the molecule is COc1cc(CNCC(C)C)cc(Cl)c1OCC(=O)Nc1ccc(C)cc1. The number of amides is 1. The zero-order chi connectivity index (χ0) is 19.8. The summed E-state index contributed by atoms with van der Waals surface area (Å²) >= 11 is 6.35. The third kappa shape index (κ3) is 6.77. The van der Waals surface area contributed by atoms with Crippen LogP contribution in [-0.4, -0.2) is 26.2 Å². The molecule has 2 rings (SSSR count). The van der Waals surface area contributed by atoms with Crippen molar-refractivity contribution in [2.75, 3.05) is 25.6 Å². The Morgan fingerprint density at radius 2 is 1.89 bits per heavy atom. The van der Waals surface area contributed by atoms with Crippen molar-refractivity contribution < 1.29 is 14.3 Å². The van der Waals surface area contributed by atoms with Crippen LogP contribution in [0.5, 0.6) is 11.5 Å². The molecule has 2 aromatic carbocycles. The molecule has 0 heterocycles. The van der Waals surface area contributed by atoms with E-state index >= 15 is 0 Å². The number of aryl methyl sites for hydroxylation is 1. The van der Waals surface area contributed by atoms with Gasteiger partial charge < -0.3 is 20.1 Å². The molecule has 1 amide bonds. The Balaban J connectivity index is 1.98. The molecule has 0 aromatic heterocycles. The first kappa shape index (κ1) is 21.1. The summed E-state index contributed by atoms with van der Waals surface area (Å²) in [5.74, 6) is 1.18. The number of carbonyl (C=O) groups is 1. The van der Waals surface area contributed by atoms with Crippen molar-refractivity contribution in [3.8, 4) is 11.5 Å². The van der Waals surface area contributed by atoms with Crippen molar-refractivity contribution in [2.45, 2.75) is 27.3 Å². The van der Waals surface area contributed by atoms with E-state index in [4.69, 9.17) is 21.1 Å². The van der Waals surface area contributed by atoms with Crippen LogP contribution in [0.1, 0.15) is 25.0 Å². The predicted molar refractivity (Wildman–Crippen MR) is 110 cm³/mol. The average Bonchev–Trinajstić information content (AvgIpc) is 2.62. The Morgan fingerprint density at radius 3 is 2.52 bits per heavy atom. The molecule has 0 saturated carbocycles. The van der Waals surface area contributed by atoms with Gasteiger partial charge in [-0.15, -0.1) is 0 Å². The lowest BCUT2D eigenvalue weighted by atomic mass is 10.1. The molecule has 6 heteroatoms. The molecule has 0 bridgehead atoms. The summed E-state index contributed by atoms with van der Waals surface area (Å²) in [6, 6.07) is 11.3. The summed E-state index contributed by atoms with van der Waals surface area (Å²) in [5, 5.41) is 6.57. The molecule has 0 aliphatic carbocycles. The second kappa shape index (κ2) is 10.2. The largest absolute Gasteiger partial charge is 0.493 e. The van der Waals surface area contributed by atoms with Crippen molar-refractivity contribution in [2.24, 2.45) is 5.92 Å². The Morgan fingerprint density at radius 1 is 1.19 bits per heavy atom. The van der Waals surface area contributed by atoms with Crippen LogP contribution < -0.4 is 20.1 Å². The van der Waals surface area contributed by atoms with Crippen LogP contribution in [0.15, 0.2) is 36.4 Å². The molecule has 146 valence electrons. The van der Waals surface area contributed by atoms with Crippen LogP contribution in [0.3, 0.4) is 0 Å². The van der Waals surface area contributed by atoms with Gasteiger partial charge in [0.2, 0.25) is 0 Å². The topological polar surface area (TPSA) is 59.6 Å². The number of methoxy groups -OCH3 is 1. The summed E-state index contributed by atoms with van der Waals surface area (Å²) in [4.78, 5) is 12.1. The van der Waals surface area contributed by atoms with Crippen LogP contribution in [0.2, 0.25) is 5.02 Å². The van der Waals surface area contributed by atoms with Crippen molar-refractivity contribution >= 4 is 23.2 Å². The lowest BCUT2D eigenvalue weighted by molar-refractivity contribution is -0.118. The molecule has 2 N–H and O–H groups in total. The lowest BCUT2D eigenvalue weighted by Crippen LogP contribution is -2.21. The number of carbonyl (C=O) groups excluding carboxylic acids is 1. The maximum absolute atomic E-state index is 12.1. The fourth-order valence-corrected chi connectivity index (χ4v) is 2.78. The maximum Gasteiger partial charge on any atom is 0.262 e. The predicted octanol–water partition coefficient (Wildman–Crippen LogP) is 4.42. The Hall–Kier alpha value is -2.24. The monoisotopic (exact) mass is 390 g/mol. The number of hydrogen-bond acceptors (Lipinski definition) is 4. The van der Waals surface area contributed by atoms with E-state index in [1.54, 1.807) is 7.11 Å². The number of rotatable bonds is 9. The second-order valence-corrected chi connectivity index (χ2v) is 7.24. The fourth-order valence-electron chi connectivity index (χ4n) is 2.49. The van der Waals surface area contributed by atoms with Crippen molar-refractivity contribution in [1.29, 1.82) is 0 Å². The van der Waals surface area contributed by atoms with E-state index in [1.807, 2.05) is 43.3 Å². The molecular weight excluding hydrogens is 364 g/mol. The van der Waals surface area contributed by atoms with Gasteiger partial charge in [0, 0.05) is 12.2 Å². The molecule has 0 spiro atoms. The molecule has 0 fully saturated rings. The maximum atomic E-state index is 12.1. The first-order chi connectivity index (χ1) is 12.9. The molecule has 0 aliphatic rings. The Bertz CT molecular complexity index is 761. The quantitative estimate of drug-likeness (QED) is 0.665. The van der Waals surface area contributed by atoms with Crippen LogP contribution in [-0.2, 0) is 11.3 Å². The minimum absolute atomic E-state index is 0.158. The third-order valence-corrected chi connectivity index (χ3v) is 4.13. The molecule has 5 nitrogen and oxygen atoms in total. The summed E-state index contributed by atoms with van der Waals surface area (Å²) < 4.78 is 11.0. The van der Waals surface area contributed by atoms with Gasteiger partial charge in [0.25, 0.3) is 5.91 Å². The van der Waals surface area contributed by atoms with Crippen molar-refractivity contribution in [3.05, 3.63) is 52.5 Å². The highest BCUT2D eigenvalue weighted by atomic mass is 35.5. The van der Waals surface area contributed by atoms with E-state index in [0.29, 0.717) is 29.0 Å². The molecule has 27 heavy (non-hydrogen) atoms. The summed E-state index contributed by atoms with van der Waals surface area (Å²) in [6.07, 6.45) is 0. The number of benzene rings is 2.